The van der Waals surface area contributed by atoms with Gasteiger partial charge in [-0.1, -0.05) is 45.0 Å². The van der Waals surface area contributed by atoms with Gasteiger partial charge in [-0.25, -0.2) is 4.79 Å². The van der Waals surface area contributed by atoms with Crippen molar-refractivity contribution in [2.75, 3.05) is 5.75 Å². The van der Waals surface area contributed by atoms with Gasteiger partial charge in [0.1, 0.15) is 6.04 Å². The van der Waals surface area contributed by atoms with Crippen molar-refractivity contribution in [3.05, 3.63) is 35.4 Å². The van der Waals surface area contributed by atoms with Crippen molar-refractivity contribution in [2.24, 2.45) is 0 Å². The summed E-state index contributed by atoms with van der Waals surface area (Å²) in [7, 11) is 0. The third kappa shape index (κ3) is 4.00. The molecule has 0 saturated carbocycles. The SMILES string of the molecule is CC(C)(C)c1ccc(C[C@H]2SC[C@H](C(=O)O)NC2=O)cc1. The van der Waals surface area contributed by atoms with E-state index in [4.69, 9.17) is 5.11 Å². The van der Waals surface area contributed by atoms with Crippen molar-refractivity contribution in [3.63, 3.8) is 0 Å². The summed E-state index contributed by atoms with van der Waals surface area (Å²) in [5.41, 5.74) is 2.48. The van der Waals surface area contributed by atoms with Gasteiger partial charge in [-0.15, -0.1) is 11.8 Å². The topological polar surface area (TPSA) is 66.4 Å². The molecule has 1 aromatic rings. The maximum atomic E-state index is 11.9. The minimum Gasteiger partial charge on any atom is -0.480 e. The highest BCUT2D eigenvalue weighted by molar-refractivity contribution is 8.00. The summed E-state index contributed by atoms with van der Waals surface area (Å²) in [6.07, 6.45) is 0.632. The number of thioether (sulfide) groups is 1. The van der Waals surface area contributed by atoms with Crippen LogP contribution in [-0.2, 0) is 21.4 Å². The first-order valence-electron chi connectivity index (χ1n) is 7.01. The Bertz CT molecular complexity index is 533. The molecule has 1 heterocycles. The van der Waals surface area contributed by atoms with E-state index in [-0.39, 0.29) is 16.6 Å². The first-order valence-corrected chi connectivity index (χ1v) is 8.06. The Labute approximate surface area is 129 Å². The molecule has 4 nitrogen and oxygen atoms in total. The maximum absolute atomic E-state index is 11.9. The molecule has 0 bridgehead atoms. The minimum absolute atomic E-state index is 0.115. The lowest BCUT2D eigenvalue weighted by atomic mass is 9.86. The molecular weight excluding hydrogens is 286 g/mol. The van der Waals surface area contributed by atoms with Gasteiger partial charge >= 0.3 is 5.97 Å². The quantitative estimate of drug-likeness (QED) is 0.898. The summed E-state index contributed by atoms with van der Waals surface area (Å²) in [6.45, 7) is 6.50. The summed E-state index contributed by atoms with van der Waals surface area (Å²) in [5, 5.41) is 11.3. The Hall–Kier alpha value is -1.49. The summed E-state index contributed by atoms with van der Waals surface area (Å²) >= 11 is 1.42. The lowest BCUT2D eigenvalue weighted by molar-refractivity contribution is -0.141. The zero-order valence-corrected chi connectivity index (χ0v) is 13.4. The lowest BCUT2D eigenvalue weighted by Crippen LogP contribution is -2.51. The molecule has 0 aromatic heterocycles. The van der Waals surface area contributed by atoms with Crippen molar-refractivity contribution in [2.45, 2.75) is 43.9 Å². The van der Waals surface area contributed by atoms with Crippen LogP contribution < -0.4 is 5.32 Å². The minimum atomic E-state index is -0.969. The largest absolute Gasteiger partial charge is 0.480 e. The maximum Gasteiger partial charge on any atom is 0.327 e. The van der Waals surface area contributed by atoms with Crippen molar-refractivity contribution in [3.8, 4) is 0 Å². The molecule has 0 unspecified atom stereocenters. The molecule has 1 fully saturated rings. The fourth-order valence-corrected chi connectivity index (χ4v) is 3.41. The van der Waals surface area contributed by atoms with Crippen LogP contribution in [0.3, 0.4) is 0 Å². The second-order valence-electron chi connectivity index (χ2n) is 6.37. The van der Waals surface area contributed by atoms with E-state index in [0.29, 0.717) is 12.2 Å². The first-order chi connectivity index (χ1) is 9.77. The van der Waals surface area contributed by atoms with Gasteiger partial charge < -0.3 is 10.4 Å². The summed E-state index contributed by atoms with van der Waals surface area (Å²) in [4.78, 5) is 22.8. The fourth-order valence-electron chi connectivity index (χ4n) is 2.23. The number of aliphatic carboxylic acids is 1. The molecule has 114 valence electrons. The normalized spacial score (nSPS) is 22.7. The highest BCUT2D eigenvalue weighted by Gasteiger charge is 2.32. The fraction of sp³-hybridized carbons (Fsp3) is 0.500. The molecule has 0 spiro atoms. The van der Waals surface area contributed by atoms with Crippen molar-refractivity contribution < 1.29 is 14.7 Å². The Kier molecular flexibility index (Phi) is 4.61. The van der Waals surface area contributed by atoms with E-state index in [2.05, 4.69) is 50.4 Å². The molecular formula is C16H21NO3S. The standard InChI is InChI=1S/C16H21NO3S/c1-16(2,3)11-6-4-10(5-7-11)8-13-14(18)17-12(9-21-13)15(19)20/h4-7,12-13H,8-9H2,1-3H3,(H,17,18)(H,19,20)/t12-,13-/m1/s1. The van der Waals surface area contributed by atoms with Crippen LogP contribution in [0.2, 0.25) is 0 Å². The van der Waals surface area contributed by atoms with Gasteiger partial charge in [0.05, 0.1) is 5.25 Å². The van der Waals surface area contributed by atoms with Gasteiger partial charge in [-0.05, 0) is 23.0 Å². The summed E-state index contributed by atoms with van der Waals surface area (Å²) < 4.78 is 0. The molecule has 2 atom stereocenters. The first kappa shape index (κ1) is 15.9. The molecule has 1 saturated heterocycles. The molecule has 21 heavy (non-hydrogen) atoms. The monoisotopic (exact) mass is 307 g/mol. The molecule has 1 aromatic carbocycles. The second kappa shape index (κ2) is 6.10. The molecule has 2 N–H and O–H groups in total. The third-order valence-electron chi connectivity index (χ3n) is 3.61. The van der Waals surface area contributed by atoms with Crippen molar-refractivity contribution >= 4 is 23.6 Å². The molecule has 1 aliphatic heterocycles. The van der Waals surface area contributed by atoms with Crippen LogP contribution in [0, 0.1) is 0 Å². The molecule has 2 rings (SSSR count). The van der Waals surface area contributed by atoms with Crippen molar-refractivity contribution in [1.82, 2.24) is 5.32 Å². The van der Waals surface area contributed by atoms with Gasteiger partial charge in [0.15, 0.2) is 0 Å². The number of carboxylic acids is 1. The molecule has 1 aliphatic rings. The number of carboxylic acid groups (broad SMARTS) is 1. The smallest absolute Gasteiger partial charge is 0.327 e. The van der Waals surface area contributed by atoms with Gasteiger partial charge in [-0.2, -0.15) is 0 Å². The van der Waals surface area contributed by atoms with Crippen LogP contribution >= 0.6 is 11.8 Å². The van der Waals surface area contributed by atoms with Crippen LogP contribution in [-0.4, -0.2) is 34.0 Å². The van der Waals surface area contributed by atoms with Crippen LogP contribution in [0.25, 0.3) is 0 Å². The van der Waals surface area contributed by atoms with Crippen LogP contribution in [0.4, 0.5) is 0 Å². The van der Waals surface area contributed by atoms with E-state index in [0.717, 1.165) is 5.56 Å². The molecule has 5 heteroatoms. The Morgan fingerprint density at radius 1 is 1.33 bits per heavy atom. The number of rotatable bonds is 3. The number of amides is 1. The zero-order valence-electron chi connectivity index (χ0n) is 12.6. The summed E-state index contributed by atoms with van der Waals surface area (Å²) in [5.74, 6) is -0.728. The predicted molar refractivity (Wildman–Crippen MR) is 84.7 cm³/mol. The molecule has 1 amide bonds. The average Bonchev–Trinajstić information content (AvgIpc) is 2.40. The number of hydrogen-bond acceptors (Lipinski definition) is 3. The number of hydrogen-bond donors (Lipinski definition) is 2. The van der Waals surface area contributed by atoms with E-state index in [1.54, 1.807) is 0 Å². The number of carbonyl (C=O) groups excluding carboxylic acids is 1. The van der Waals surface area contributed by atoms with Gasteiger partial charge in [0.25, 0.3) is 0 Å². The van der Waals surface area contributed by atoms with E-state index in [1.807, 2.05) is 0 Å². The van der Waals surface area contributed by atoms with Crippen LogP contribution in [0.15, 0.2) is 24.3 Å². The Balaban J connectivity index is 1.99. The number of benzene rings is 1. The van der Waals surface area contributed by atoms with Crippen LogP contribution in [0.1, 0.15) is 31.9 Å². The average molecular weight is 307 g/mol. The highest BCUT2D eigenvalue weighted by Crippen LogP contribution is 2.25. The third-order valence-corrected chi connectivity index (χ3v) is 4.92. The second-order valence-corrected chi connectivity index (χ2v) is 7.61. The summed E-state index contributed by atoms with van der Waals surface area (Å²) in [6, 6.07) is 7.54. The van der Waals surface area contributed by atoms with E-state index in [1.165, 1.54) is 17.3 Å². The number of carbonyl (C=O) groups is 2. The van der Waals surface area contributed by atoms with E-state index < -0.39 is 12.0 Å². The zero-order chi connectivity index (χ0) is 15.6. The van der Waals surface area contributed by atoms with Crippen LogP contribution in [0.5, 0.6) is 0 Å². The molecule has 0 radical (unpaired) electrons. The number of nitrogens with one attached hydrogen (secondary N) is 1. The Morgan fingerprint density at radius 2 is 1.95 bits per heavy atom. The lowest BCUT2D eigenvalue weighted by Gasteiger charge is -2.26. The van der Waals surface area contributed by atoms with E-state index >= 15 is 0 Å². The van der Waals surface area contributed by atoms with Crippen molar-refractivity contribution in [1.29, 1.82) is 0 Å². The highest BCUT2D eigenvalue weighted by atomic mass is 32.2. The molecule has 0 aliphatic carbocycles. The van der Waals surface area contributed by atoms with Gasteiger partial charge in [-0.3, -0.25) is 4.79 Å². The van der Waals surface area contributed by atoms with Gasteiger partial charge in [0, 0.05) is 5.75 Å². The predicted octanol–water partition coefficient (Wildman–Crippen LogP) is 2.21. The van der Waals surface area contributed by atoms with Gasteiger partial charge in [0.2, 0.25) is 5.91 Å². The van der Waals surface area contributed by atoms with E-state index in [9.17, 15) is 9.59 Å². The Morgan fingerprint density at radius 3 is 2.43 bits per heavy atom.